The fourth-order valence-electron chi connectivity index (χ4n) is 2.19. The summed E-state index contributed by atoms with van der Waals surface area (Å²) in [5.41, 5.74) is -3.24. The predicted octanol–water partition coefficient (Wildman–Crippen LogP) is 3.11. The predicted molar refractivity (Wildman–Crippen MR) is 58.1 cm³/mol. The Balaban J connectivity index is 2.34. The van der Waals surface area contributed by atoms with Crippen molar-refractivity contribution >= 4 is 5.95 Å². The monoisotopic (exact) mass is 299 g/mol. The molecule has 1 aromatic rings. The summed E-state index contributed by atoms with van der Waals surface area (Å²) in [5.74, 6) is -0.111. The fourth-order valence-corrected chi connectivity index (χ4v) is 2.19. The van der Waals surface area contributed by atoms with Crippen LogP contribution in [-0.2, 0) is 0 Å². The minimum absolute atomic E-state index is 0.111. The lowest BCUT2D eigenvalue weighted by atomic mass is 9.85. The van der Waals surface area contributed by atoms with Crippen LogP contribution in [0.1, 0.15) is 12.1 Å². The van der Waals surface area contributed by atoms with E-state index >= 15 is 0 Å². The lowest BCUT2D eigenvalue weighted by Crippen LogP contribution is -2.51. The molecular formula is C11H11F6N3. The number of aromatic nitrogens is 2. The van der Waals surface area contributed by atoms with Crippen molar-refractivity contribution in [1.82, 2.24) is 9.97 Å². The molecular weight excluding hydrogens is 288 g/mol. The van der Waals surface area contributed by atoms with Gasteiger partial charge in [0.15, 0.2) is 5.41 Å². The molecule has 0 amide bonds. The lowest BCUT2D eigenvalue weighted by molar-refractivity contribution is -0.332. The van der Waals surface area contributed by atoms with Crippen LogP contribution in [0, 0.1) is 12.3 Å². The van der Waals surface area contributed by atoms with E-state index in [1.807, 2.05) is 0 Å². The first kappa shape index (κ1) is 14.9. The van der Waals surface area contributed by atoms with E-state index in [4.69, 9.17) is 0 Å². The molecule has 1 aliphatic heterocycles. The molecule has 2 heterocycles. The Morgan fingerprint density at radius 2 is 1.75 bits per heavy atom. The van der Waals surface area contributed by atoms with Gasteiger partial charge in [0, 0.05) is 25.0 Å². The van der Waals surface area contributed by atoms with Gasteiger partial charge in [0.25, 0.3) is 0 Å². The number of anilines is 1. The van der Waals surface area contributed by atoms with Crippen molar-refractivity contribution in [2.45, 2.75) is 25.7 Å². The van der Waals surface area contributed by atoms with Crippen LogP contribution in [-0.4, -0.2) is 35.4 Å². The van der Waals surface area contributed by atoms with Gasteiger partial charge in [-0.3, -0.25) is 0 Å². The number of halogens is 6. The Labute approximate surface area is 110 Å². The van der Waals surface area contributed by atoms with Gasteiger partial charge in [-0.25, -0.2) is 9.97 Å². The summed E-state index contributed by atoms with van der Waals surface area (Å²) < 4.78 is 77.4. The molecule has 0 unspecified atom stereocenters. The standard InChI is InChI=1S/C11H11F6N3/c1-7-2-4-18-8(19-7)20-5-3-9(6-20,10(12,13)14)11(15,16)17/h2,4H,3,5-6H2,1H3. The molecule has 0 N–H and O–H groups in total. The highest BCUT2D eigenvalue weighted by molar-refractivity contribution is 5.34. The Hall–Kier alpha value is -1.54. The summed E-state index contributed by atoms with van der Waals surface area (Å²) in [6.45, 7) is -0.00601. The summed E-state index contributed by atoms with van der Waals surface area (Å²) in [4.78, 5) is 8.52. The van der Waals surface area contributed by atoms with Crippen molar-refractivity contribution < 1.29 is 26.3 Å². The third kappa shape index (κ3) is 2.29. The van der Waals surface area contributed by atoms with Crippen molar-refractivity contribution in [3.05, 3.63) is 18.0 Å². The molecule has 9 heteroatoms. The third-order valence-electron chi connectivity index (χ3n) is 3.42. The van der Waals surface area contributed by atoms with E-state index in [2.05, 4.69) is 9.97 Å². The lowest BCUT2D eigenvalue weighted by Gasteiger charge is -2.33. The zero-order chi connectivity index (χ0) is 15.2. The maximum absolute atomic E-state index is 12.9. The second-order valence-corrected chi connectivity index (χ2v) is 4.75. The van der Waals surface area contributed by atoms with Crippen LogP contribution in [0.3, 0.4) is 0 Å². The molecule has 0 saturated carbocycles. The molecule has 0 aliphatic carbocycles. The van der Waals surface area contributed by atoms with Crippen molar-refractivity contribution in [2.75, 3.05) is 18.0 Å². The molecule has 112 valence electrons. The molecule has 0 aromatic carbocycles. The molecule has 20 heavy (non-hydrogen) atoms. The average molecular weight is 299 g/mol. The highest BCUT2D eigenvalue weighted by Crippen LogP contribution is 2.55. The average Bonchev–Trinajstić information content (AvgIpc) is 2.73. The van der Waals surface area contributed by atoms with Crippen LogP contribution in [0.25, 0.3) is 0 Å². The molecule has 0 radical (unpaired) electrons. The number of hydrogen-bond donors (Lipinski definition) is 0. The molecule has 3 nitrogen and oxygen atoms in total. The van der Waals surface area contributed by atoms with Gasteiger partial charge < -0.3 is 4.90 Å². The number of alkyl halides is 6. The fraction of sp³-hybridized carbons (Fsp3) is 0.636. The maximum Gasteiger partial charge on any atom is 0.404 e. The van der Waals surface area contributed by atoms with Crippen LogP contribution in [0.4, 0.5) is 32.3 Å². The van der Waals surface area contributed by atoms with E-state index in [-0.39, 0.29) is 12.5 Å². The van der Waals surface area contributed by atoms with Crippen LogP contribution in [0.15, 0.2) is 12.3 Å². The minimum Gasteiger partial charge on any atom is -0.340 e. The van der Waals surface area contributed by atoms with E-state index in [1.54, 1.807) is 6.92 Å². The van der Waals surface area contributed by atoms with Gasteiger partial charge in [0.2, 0.25) is 5.95 Å². The van der Waals surface area contributed by atoms with Gasteiger partial charge in [0.1, 0.15) is 0 Å². The van der Waals surface area contributed by atoms with Gasteiger partial charge >= 0.3 is 12.4 Å². The van der Waals surface area contributed by atoms with E-state index in [1.165, 1.54) is 12.3 Å². The summed E-state index contributed by atoms with van der Waals surface area (Å²) in [6, 6.07) is 1.51. The second-order valence-electron chi connectivity index (χ2n) is 4.75. The molecule has 2 rings (SSSR count). The Bertz CT molecular complexity index is 482. The summed E-state index contributed by atoms with van der Waals surface area (Å²) in [6.07, 6.45) is -10.5. The van der Waals surface area contributed by atoms with Crippen LogP contribution >= 0.6 is 0 Å². The Kier molecular flexibility index (Phi) is 3.34. The van der Waals surface area contributed by atoms with E-state index in [9.17, 15) is 26.3 Å². The molecule has 1 aliphatic rings. The zero-order valence-corrected chi connectivity index (χ0v) is 10.4. The van der Waals surface area contributed by atoms with Crippen molar-refractivity contribution in [3.63, 3.8) is 0 Å². The van der Waals surface area contributed by atoms with Crippen molar-refractivity contribution in [1.29, 1.82) is 0 Å². The molecule has 0 spiro atoms. The normalized spacial score (nSPS) is 19.4. The van der Waals surface area contributed by atoms with Gasteiger partial charge in [-0.2, -0.15) is 26.3 Å². The Morgan fingerprint density at radius 1 is 1.15 bits per heavy atom. The van der Waals surface area contributed by atoms with E-state index in [0.29, 0.717) is 5.69 Å². The molecule has 1 aromatic heterocycles. The van der Waals surface area contributed by atoms with Crippen LogP contribution < -0.4 is 4.90 Å². The summed E-state index contributed by atoms with van der Waals surface area (Å²) in [7, 11) is 0. The number of rotatable bonds is 1. The summed E-state index contributed by atoms with van der Waals surface area (Å²) in [5, 5.41) is 0. The quantitative estimate of drug-likeness (QED) is 0.746. The minimum atomic E-state index is -5.36. The largest absolute Gasteiger partial charge is 0.404 e. The van der Waals surface area contributed by atoms with E-state index in [0.717, 1.165) is 4.90 Å². The highest BCUT2D eigenvalue weighted by atomic mass is 19.4. The number of nitrogens with zero attached hydrogens (tertiary/aromatic N) is 3. The smallest absolute Gasteiger partial charge is 0.340 e. The molecule has 1 saturated heterocycles. The van der Waals surface area contributed by atoms with Gasteiger partial charge in [-0.15, -0.1) is 0 Å². The van der Waals surface area contributed by atoms with Gasteiger partial charge in [-0.1, -0.05) is 0 Å². The van der Waals surface area contributed by atoms with E-state index < -0.39 is 30.7 Å². The topological polar surface area (TPSA) is 29.0 Å². The third-order valence-corrected chi connectivity index (χ3v) is 3.42. The van der Waals surface area contributed by atoms with Gasteiger partial charge in [-0.05, 0) is 19.4 Å². The maximum atomic E-state index is 12.9. The molecule has 0 bridgehead atoms. The molecule has 1 fully saturated rings. The van der Waals surface area contributed by atoms with Gasteiger partial charge in [0.05, 0.1) is 0 Å². The first-order valence-electron chi connectivity index (χ1n) is 5.75. The Morgan fingerprint density at radius 3 is 2.20 bits per heavy atom. The highest BCUT2D eigenvalue weighted by Gasteiger charge is 2.72. The number of aryl methyl sites for hydroxylation is 1. The zero-order valence-electron chi connectivity index (χ0n) is 10.4. The summed E-state index contributed by atoms with van der Waals surface area (Å²) >= 11 is 0. The SMILES string of the molecule is Cc1ccnc(N2CCC(C(F)(F)F)(C(F)(F)F)C2)n1. The van der Waals surface area contributed by atoms with Crippen LogP contribution in [0.2, 0.25) is 0 Å². The number of hydrogen-bond acceptors (Lipinski definition) is 3. The van der Waals surface area contributed by atoms with Crippen molar-refractivity contribution in [3.8, 4) is 0 Å². The first-order chi connectivity index (χ1) is 9.07. The van der Waals surface area contributed by atoms with Crippen molar-refractivity contribution in [2.24, 2.45) is 5.41 Å². The second kappa shape index (κ2) is 4.49. The molecule has 0 atom stereocenters. The van der Waals surface area contributed by atoms with Crippen LogP contribution in [0.5, 0.6) is 0 Å². The first-order valence-corrected chi connectivity index (χ1v) is 5.75.